The van der Waals surface area contributed by atoms with Gasteiger partial charge < -0.3 is 0 Å². The van der Waals surface area contributed by atoms with Crippen LogP contribution in [-0.2, 0) is 0 Å². The van der Waals surface area contributed by atoms with Gasteiger partial charge in [0, 0.05) is 0 Å². The first-order chi connectivity index (χ1) is 6.42. The van der Waals surface area contributed by atoms with E-state index in [2.05, 4.69) is 19.1 Å². The molecule has 0 nitrogen and oxygen atoms in total. The summed E-state index contributed by atoms with van der Waals surface area (Å²) < 4.78 is 0. The molecule has 0 amide bonds. The van der Waals surface area contributed by atoms with Crippen LogP contribution < -0.4 is 0 Å². The summed E-state index contributed by atoms with van der Waals surface area (Å²) in [5, 5.41) is 0. The number of fused-ring (bicyclic) bond motifs is 1. The molecular weight excluding hydrogens is 156 g/mol. The average molecular weight is 176 g/mol. The fourth-order valence-electron chi connectivity index (χ4n) is 2.73. The van der Waals surface area contributed by atoms with Gasteiger partial charge in [-0.1, -0.05) is 31.1 Å². The van der Waals surface area contributed by atoms with Crippen LogP contribution in [0.4, 0.5) is 0 Å². The highest BCUT2D eigenvalue weighted by atomic mass is 14.3. The van der Waals surface area contributed by atoms with Crippen molar-refractivity contribution in [3.05, 3.63) is 23.3 Å². The van der Waals surface area contributed by atoms with Crippen LogP contribution in [0.15, 0.2) is 23.3 Å². The Labute approximate surface area is 81.7 Å². The first kappa shape index (κ1) is 9.05. The van der Waals surface area contributed by atoms with Gasteiger partial charge in [0.05, 0.1) is 0 Å². The number of hydrogen-bond donors (Lipinski definition) is 0. The summed E-state index contributed by atoms with van der Waals surface area (Å²) in [6.07, 6.45) is 14.4. The van der Waals surface area contributed by atoms with Crippen LogP contribution in [0, 0.1) is 5.92 Å². The van der Waals surface area contributed by atoms with E-state index >= 15 is 0 Å². The maximum Gasteiger partial charge on any atom is -0.0194 e. The molecule has 0 aromatic heterocycles. The van der Waals surface area contributed by atoms with Crippen molar-refractivity contribution < 1.29 is 0 Å². The molecule has 13 heavy (non-hydrogen) atoms. The molecule has 0 radical (unpaired) electrons. The largest absolute Gasteiger partial charge is 0.0843 e. The molecule has 72 valence electrons. The lowest BCUT2D eigenvalue weighted by Gasteiger charge is -2.00. The lowest BCUT2D eigenvalue weighted by Crippen LogP contribution is -1.87. The molecule has 1 fully saturated rings. The summed E-state index contributed by atoms with van der Waals surface area (Å²) in [5.41, 5.74) is 3.50. The molecule has 1 atom stereocenters. The average Bonchev–Trinajstić information content (AvgIpc) is 2.68. The van der Waals surface area contributed by atoms with E-state index < -0.39 is 0 Å². The molecule has 0 N–H and O–H groups in total. The third-order valence-electron chi connectivity index (χ3n) is 3.44. The minimum absolute atomic E-state index is 0.987. The third-order valence-corrected chi connectivity index (χ3v) is 3.44. The Bertz CT molecular complexity index is 232. The molecule has 1 saturated carbocycles. The van der Waals surface area contributed by atoms with E-state index in [1.165, 1.54) is 44.9 Å². The monoisotopic (exact) mass is 176 g/mol. The molecule has 0 spiro atoms. The molecule has 2 aliphatic carbocycles. The minimum Gasteiger partial charge on any atom is -0.0843 e. The topological polar surface area (TPSA) is 0 Å². The maximum atomic E-state index is 2.41. The van der Waals surface area contributed by atoms with Crippen molar-refractivity contribution in [3.8, 4) is 0 Å². The van der Waals surface area contributed by atoms with Gasteiger partial charge in [0.1, 0.15) is 0 Å². The van der Waals surface area contributed by atoms with Gasteiger partial charge in [0.2, 0.25) is 0 Å². The van der Waals surface area contributed by atoms with Crippen LogP contribution in [0.5, 0.6) is 0 Å². The lowest BCUT2D eigenvalue weighted by molar-refractivity contribution is 0.609. The molecule has 1 unspecified atom stereocenters. The SMILES string of the molecule is CCC/C=C/C1=C2CCCC2CC1. The van der Waals surface area contributed by atoms with Gasteiger partial charge in [-0.15, -0.1) is 0 Å². The normalized spacial score (nSPS) is 27.6. The Morgan fingerprint density at radius 3 is 3.08 bits per heavy atom. The standard InChI is InChI=1S/C13H20/c1-2-3-4-6-11-9-10-12-7-5-8-13(11)12/h4,6,12H,2-3,5,7-10H2,1H3/b6-4+. The van der Waals surface area contributed by atoms with E-state index in [0.29, 0.717) is 0 Å². The van der Waals surface area contributed by atoms with Gasteiger partial charge in [-0.05, 0) is 50.0 Å². The highest BCUT2D eigenvalue weighted by Gasteiger charge is 2.27. The summed E-state index contributed by atoms with van der Waals surface area (Å²) in [6.45, 7) is 2.25. The van der Waals surface area contributed by atoms with Crippen molar-refractivity contribution in [3.63, 3.8) is 0 Å². The van der Waals surface area contributed by atoms with Gasteiger partial charge in [-0.2, -0.15) is 0 Å². The van der Waals surface area contributed by atoms with Gasteiger partial charge >= 0.3 is 0 Å². The molecule has 0 heterocycles. The first-order valence-corrected chi connectivity index (χ1v) is 5.80. The highest BCUT2D eigenvalue weighted by Crippen LogP contribution is 2.43. The fourth-order valence-corrected chi connectivity index (χ4v) is 2.73. The van der Waals surface area contributed by atoms with Crippen molar-refractivity contribution in [2.45, 2.75) is 51.9 Å². The van der Waals surface area contributed by atoms with Crippen LogP contribution in [0.25, 0.3) is 0 Å². The molecule has 2 rings (SSSR count). The second-order valence-corrected chi connectivity index (χ2v) is 4.37. The summed E-state index contributed by atoms with van der Waals surface area (Å²) in [6, 6.07) is 0. The second kappa shape index (κ2) is 4.13. The predicted molar refractivity (Wildman–Crippen MR) is 57.6 cm³/mol. The Balaban J connectivity index is 2.02. The molecule has 0 heteroatoms. The predicted octanol–water partition coefficient (Wildman–Crippen LogP) is 4.23. The summed E-state index contributed by atoms with van der Waals surface area (Å²) in [5.74, 6) is 0.987. The van der Waals surface area contributed by atoms with Crippen molar-refractivity contribution in [1.82, 2.24) is 0 Å². The zero-order valence-electron chi connectivity index (χ0n) is 8.68. The van der Waals surface area contributed by atoms with Crippen LogP contribution >= 0.6 is 0 Å². The lowest BCUT2D eigenvalue weighted by atomic mass is 10.1. The molecule has 0 aromatic carbocycles. The Morgan fingerprint density at radius 1 is 1.31 bits per heavy atom. The highest BCUT2D eigenvalue weighted by molar-refractivity contribution is 5.33. The van der Waals surface area contributed by atoms with E-state index in [4.69, 9.17) is 0 Å². The van der Waals surface area contributed by atoms with Gasteiger partial charge in [-0.25, -0.2) is 0 Å². The van der Waals surface area contributed by atoms with E-state index in [1.807, 2.05) is 5.57 Å². The van der Waals surface area contributed by atoms with Gasteiger partial charge in [-0.3, -0.25) is 0 Å². The number of allylic oxidation sites excluding steroid dienone is 4. The number of rotatable bonds is 3. The van der Waals surface area contributed by atoms with Gasteiger partial charge in [0.25, 0.3) is 0 Å². The number of unbranched alkanes of at least 4 members (excludes halogenated alkanes) is 1. The van der Waals surface area contributed by atoms with Crippen LogP contribution in [0.1, 0.15) is 51.9 Å². The summed E-state index contributed by atoms with van der Waals surface area (Å²) in [4.78, 5) is 0. The zero-order chi connectivity index (χ0) is 9.10. The quantitative estimate of drug-likeness (QED) is 0.603. The van der Waals surface area contributed by atoms with Crippen LogP contribution in [-0.4, -0.2) is 0 Å². The van der Waals surface area contributed by atoms with Crippen LogP contribution in [0.2, 0.25) is 0 Å². The molecule has 0 aliphatic heterocycles. The Morgan fingerprint density at radius 2 is 2.23 bits per heavy atom. The molecule has 0 saturated heterocycles. The first-order valence-electron chi connectivity index (χ1n) is 5.80. The second-order valence-electron chi connectivity index (χ2n) is 4.37. The van der Waals surface area contributed by atoms with Gasteiger partial charge in [0.15, 0.2) is 0 Å². The molecule has 2 aliphatic rings. The maximum absolute atomic E-state index is 2.41. The van der Waals surface area contributed by atoms with Crippen molar-refractivity contribution in [1.29, 1.82) is 0 Å². The zero-order valence-corrected chi connectivity index (χ0v) is 8.68. The molecule has 0 aromatic rings. The number of hydrogen-bond acceptors (Lipinski definition) is 0. The minimum atomic E-state index is 0.987. The van der Waals surface area contributed by atoms with E-state index in [1.54, 1.807) is 5.57 Å². The molecular formula is C13H20. The van der Waals surface area contributed by atoms with E-state index in [0.717, 1.165) is 5.92 Å². The van der Waals surface area contributed by atoms with Crippen molar-refractivity contribution in [2.24, 2.45) is 5.92 Å². The van der Waals surface area contributed by atoms with E-state index in [9.17, 15) is 0 Å². The van der Waals surface area contributed by atoms with E-state index in [-0.39, 0.29) is 0 Å². The smallest absolute Gasteiger partial charge is 0.0194 e. The fraction of sp³-hybridized carbons (Fsp3) is 0.692. The molecule has 0 bridgehead atoms. The summed E-state index contributed by atoms with van der Waals surface area (Å²) in [7, 11) is 0. The van der Waals surface area contributed by atoms with Crippen molar-refractivity contribution in [2.75, 3.05) is 0 Å². The van der Waals surface area contributed by atoms with Crippen LogP contribution in [0.3, 0.4) is 0 Å². The van der Waals surface area contributed by atoms with Crippen molar-refractivity contribution >= 4 is 0 Å². The third kappa shape index (κ3) is 1.87. The Kier molecular flexibility index (Phi) is 2.87. The Hall–Kier alpha value is -0.520. The summed E-state index contributed by atoms with van der Waals surface area (Å²) >= 11 is 0.